The molecular formula is C22H20N4O4S. The average molecular weight is 436 g/mol. The molecule has 1 amide bonds. The molecule has 9 heteroatoms. The number of hydrogen-bond donors (Lipinski definition) is 4. The molecule has 1 atom stereocenters. The van der Waals surface area contributed by atoms with E-state index in [-0.39, 0.29) is 17.4 Å². The number of hydrogen-bond acceptors (Lipinski definition) is 5. The van der Waals surface area contributed by atoms with Crippen molar-refractivity contribution < 1.29 is 18.3 Å². The maximum Gasteiger partial charge on any atom is 0.251 e. The zero-order valence-electron chi connectivity index (χ0n) is 16.3. The van der Waals surface area contributed by atoms with E-state index in [1.54, 1.807) is 30.3 Å². The number of benzene rings is 3. The summed E-state index contributed by atoms with van der Waals surface area (Å²) in [5.74, 6) is -0.352. The van der Waals surface area contributed by atoms with Crippen LogP contribution in [0.15, 0.2) is 77.7 Å². The Kier molecular flexibility index (Phi) is 5.55. The predicted molar refractivity (Wildman–Crippen MR) is 117 cm³/mol. The number of fused-ring (bicyclic) bond motifs is 1. The van der Waals surface area contributed by atoms with Gasteiger partial charge in [0.15, 0.2) is 0 Å². The third kappa shape index (κ3) is 4.33. The summed E-state index contributed by atoms with van der Waals surface area (Å²) in [6, 6.07) is 19.8. The molecular weight excluding hydrogens is 416 g/mol. The quantitative estimate of drug-likeness (QED) is 0.367. The second-order valence-electron chi connectivity index (χ2n) is 7.02. The van der Waals surface area contributed by atoms with Crippen LogP contribution in [-0.2, 0) is 10.0 Å². The topological polar surface area (TPSA) is 138 Å². The van der Waals surface area contributed by atoms with Gasteiger partial charge in [-0.3, -0.25) is 9.89 Å². The lowest BCUT2D eigenvalue weighted by Gasteiger charge is -2.16. The lowest BCUT2D eigenvalue weighted by Crippen LogP contribution is -2.30. The summed E-state index contributed by atoms with van der Waals surface area (Å²) in [5, 5.41) is 25.6. The number of H-pyrrole nitrogens is 1. The van der Waals surface area contributed by atoms with E-state index in [1.807, 2.05) is 30.3 Å². The van der Waals surface area contributed by atoms with E-state index in [9.17, 15) is 18.3 Å². The smallest absolute Gasteiger partial charge is 0.251 e. The SMILES string of the molecule is NS(=O)(=O)c1cccc(-c2n[nH]c3ccc(C(=O)NC(CO)c4ccccc4)cc23)c1. The molecule has 0 radical (unpaired) electrons. The lowest BCUT2D eigenvalue weighted by atomic mass is 10.0. The van der Waals surface area contributed by atoms with Crippen LogP contribution in [0.4, 0.5) is 0 Å². The Bertz CT molecular complexity index is 1350. The normalized spacial score (nSPS) is 12.6. The lowest BCUT2D eigenvalue weighted by molar-refractivity contribution is 0.0916. The van der Waals surface area contributed by atoms with Crippen LogP contribution in [0, 0.1) is 0 Å². The summed E-state index contributed by atoms with van der Waals surface area (Å²) in [5.41, 5.74) is 2.91. The van der Waals surface area contributed by atoms with Crippen molar-refractivity contribution >= 4 is 26.8 Å². The minimum Gasteiger partial charge on any atom is -0.394 e. The van der Waals surface area contributed by atoms with Gasteiger partial charge in [-0.2, -0.15) is 5.10 Å². The van der Waals surface area contributed by atoms with E-state index in [2.05, 4.69) is 15.5 Å². The van der Waals surface area contributed by atoms with Crippen LogP contribution >= 0.6 is 0 Å². The number of rotatable bonds is 6. The monoisotopic (exact) mass is 436 g/mol. The summed E-state index contributed by atoms with van der Waals surface area (Å²) < 4.78 is 23.4. The molecule has 0 saturated heterocycles. The van der Waals surface area contributed by atoms with E-state index in [0.29, 0.717) is 27.7 Å². The molecule has 1 aromatic heterocycles. The van der Waals surface area contributed by atoms with Crippen molar-refractivity contribution in [3.8, 4) is 11.3 Å². The Hall–Kier alpha value is -3.53. The maximum atomic E-state index is 12.8. The first-order valence-electron chi connectivity index (χ1n) is 9.45. The number of nitrogens with one attached hydrogen (secondary N) is 2. The summed E-state index contributed by atoms with van der Waals surface area (Å²) in [6.45, 7) is -0.241. The number of carbonyl (C=O) groups excluding carboxylic acids is 1. The molecule has 8 nitrogen and oxygen atoms in total. The van der Waals surface area contributed by atoms with Crippen molar-refractivity contribution in [3.63, 3.8) is 0 Å². The van der Waals surface area contributed by atoms with E-state index < -0.39 is 16.1 Å². The number of nitrogens with zero attached hydrogens (tertiary/aromatic N) is 1. The zero-order valence-corrected chi connectivity index (χ0v) is 17.1. The van der Waals surface area contributed by atoms with Gasteiger partial charge < -0.3 is 10.4 Å². The van der Waals surface area contributed by atoms with Gasteiger partial charge in [0.25, 0.3) is 5.91 Å². The van der Waals surface area contributed by atoms with E-state index >= 15 is 0 Å². The number of aromatic amines is 1. The molecule has 0 saturated carbocycles. The molecule has 5 N–H and O–H groups in total. The van der Waals surface area contributed by atoms with Crippen LogP contribution in [-0.4, -0.2) is 36.2 Å². The van der Waals surface area contributed by atoms with Crippen molar-refractivity contribution in [1.29, 1.82) is 0 Å². The van der Waals surface area contributed by atoms with Gasteiger partial charge in [-0.15, -0.1) is 0 Å². The second-order valence-corrected chi connectivity index (χ2v) is 8.59. The van der Waals surface area contributed by atoms with Crippen molar-refractivity contribution in [2.24, 2.45) is 5.14 Å². The average Bonchev–Trinajstić information content (AvgIpc) is 3.20. The van der Waals surface area contributed by atoms with E-state index in [4.69, 9.17) is 5.14 Å². The number of aliphatic hydroxyl groups is 1. The van der Waals surface area contributed by atoms with Crippen LogP contribution < -0.4 is 10.5 Å². The number of carbonyl (C=O) groups is 1. The molecule has 0 aliphatic rings. The highest BCUT2D eigenvalue weighted by molar-refractivity contribution is 7.89. The summed E-state index contributed by atoms with van der Waals surface area (Å²) in [7, 11) is -3.86. The van der Waals surface area contributed by atoms with Crippen LogP contribution in [0.5, 0.6) is 0 Å². The second kappa shape index (κ2) is 8.31. The van der Waals surface area contributed by atoms with E-state index in [0.717, 1.165) is 5.56 Å². The van der Waals surface area contributed by atoms with Gasteiger partial charge in [0.1, 0.15) is 0 Å². The fourth-order valence-corrected chi connectivity index (χ4v) is 3.92. The van der Waals surface area contributed by atoms with Crippen molar-refractivity contribution in [2.75, 3.05) is 6.61 Å². The number of aliphatic hydroxyl groups excluding tert-OH is 1. The number of aromatic nitrogens is 2. The maximum absolute atomic E-state index is 12.8. The fourth-order valence-electron chi connectivity index (χ4n) is 3.36. The minimum atomic E-state index is -3.86. The summed E-state index contributed by atoms with van der Waals surface area (Å²) >= 11 is 0. The number of amides is 1. The fraction of sp³-hybridized carbons (Fsp3) is 0.0909. The van der Waals surface area contributed by atoms with Crippen LogP contribution in [0.25, 0.3) is 22.2 Å². The van der Waals surface area contributed by atoms with Crippen LogP contribution in [0.3, 0.4) is 0 Å². The van der Waals surface area contributed by atoms with Gasteiger partial charge in [-0.1, -0.05) is 42.5 Å². The molecule has 1 unspecified atom stereocenters. The molecule has 4 aromatic rings. The third-order valence-electron chi connectivity index (χ3n) is 4.95. The molecule has 0 aliphatic carbocycles. The van der Waals surface area contributed by atoms with Crippen molar-refractivity contribution in [3.05, 3.63) is 83.9 Å². The zero-order chi connectivity index (χ0) is 22.0. The van der Waals surface area contributed by atoms with Crippen molar-refractivity contribution in [2.45, 2.75) is 10.9 Å². The first-order valence-corrected chi connectivity index (χ1v) is 11.0. The largest absolute Gasteiger partial charge is 0.394 e. The van der Waals surface area contributed by atoms with Gasteiger partial charge in [-0.05, 0) is 35.9 Å². The highest BCUT2D eigenvalue weighted by atomic mass is 32.2. The standard InChI is InChI=1S/C22H20N4O4S/c23-31(29,30)17-8-4-7-15(11-17)21-18-12-16(9-10-19(18)25-26-21)22(28)24-20(13-27)14-5-2-1-3-6-14/h1-12,20,27H,13H2,(H,24,28)(H,25,26)(H2,23,29,30). The molecule has 0 spiro atoms. The van der Waals surface area contributed by atoms with Gasteiger partial charge >= 0.3 is 0 Å². The van der Waals surface area contributed by atoms with Crippen LogP contribution in [0.1, 0.15) is 22.0 Å². The van der Waals surface area contributed by atoms with Gasteiger partial charge in [0.2, 0.25) is 10.0 Å². The summed E-state index contributed by atoms with van der Waals surface area (Å²) in [6.07, 6.45) is 0. The third-order valence-corrected chi connectivity index (χ3v) is 5.86. The molecule has 1 heterocycles. The summed E-state index contributed by atoms with van der Waals surface area (Å²) in [4.78, 5) is 12.8. The first kappa shape index (κ1) is 20.7. The highest BCUT2D eigenvalue weighted by Crippen LogP contribution is 2.28. The molecule has 3 aromatic carbocycles. The molecule has 4 rings (SSSR count). The molecule has 31 heavy (non-hydrogen) atoms. The Morgan fingerprint density at radius 3 is 2.55 bits per heavy atom. The molecule has 0 bridgehead atoms. The molecule has 0 aliphatic heterocycles. The van der Waals surface area contributed by atoms with Gasteiger partial charge in [-0.25, -0.2) is 13.6 Å². The molecule has 158 valence electrons. The van der Waals surface area contributed by atoms with E-state index in [1.165, 1.54) is 12.1 Å². The van der Waals surface area contributed by atoms with Gasteiger partial charge in [0.05, 0.1) is 28.8 Å². The minimum absolute atomic E-state index is 0.0244. The van der Waals surface area contributed by atoms with Gasteiger partial charge in [0, 0.05) is 16.5 Å². The number of sulfonamides is 1. The Balaban J connectivity index is 1.68. The van der Waals surface area contributed by atoms with Crippen molar-refractivity contribution in [1.82, 2.24) is 15.5 Å². The Morgan fingerprint density at radius 1 is 1.06 bits per heavy atom. The highest BCUT2D eigenvalue weighted by Gasteiger charge is 2.17. The number of primary sulfonamides is 1. The predicted octanol–water partition coefficient (Wildman–Crippen LogP) is 2.34. The Labute approximate surface area is 178 Å². The number of nitrogens with two attached hydrogens (primary N) is 1. The molecule has 0 fully saturated rings. The van der Waals surface area contributed by atoms with Crippen LogP contribution in [0.2, 0.25) is 0 Å². The first-order chi connectivity index (χ1) is 14.9. The Morgan fingerprint density at radius 2 is 1.84 bits per heavy atom.